The monoisotopic (exact) mass is 918 g/mol. The molecule has 10 nitrogen and oxygen atoms in total. The van der Waals surface area contributed by atoms with Crippen molar-refractivity contribution in [2.75, 3.05) is 52.4 Å². The van der Waals surface area contributed by atoms with Crippen LogP contribution in [0.4, 0.5) is 0 Å². The lowest BCUT2D eigenvalue weighted by Crippen LogP contribution is -2.60. The van der Waals surface area contributed by atoms with Crippen LogP contribution in [-0.4, -0.2) is 88.8 Å². The second-order valence-electron chi connectivity index (χ2n) is 18.1. The molecule has 5 heterocycles. The Balaban J connectivity index is 0.000000166. The highest BCUT2D eigenvalue weighted by Crippen LogP contribution is 2.44. The second-order valence-corrected chi connectivity index (χ2v) is 19.0. The van der Waals surface area contributed by atoms with Crippen molar-refractivity contribution in [3.8, 4) is 29.1 Å². The highest BCUT2D eigenvalue weighted by Gasteiger charge is 2.46. The number of nitriles is 1. The number of amides is 2. The third-order valence-electron chi connectivity index (χ3n) is 13.5. The number of hydrogen-bond donors (Lipinski definition) is 0. The van der Waals surface area contributed by atoms with E-state index in [1.54, 1.807) is 54.9 Å². The first kappa shape index (κ1) is 45.0. The summed E-state index contributed by atoms with van der Waals surface area (Å²) in [5.41, 5.74) is 4.86. The van der Waals surface area contributed by atoms with Gasteiger partial charge < -0.3 is 19.3 Å². The zero-order chi connectivity index (χ0) is 45.5. The van der Waals surface area contributed by atoms with Gasteiger partial charge in [0, 0.05) is 104 Å². The molecule has 4 aliphatic rings. The average Bonchev–Trinajstić information content (AvgIpc) is 3.33. The van der Waals surface area contributed by atoms with Gasteiger partial charge in [-0.05, 0) is 121 Å². The first-order chi connectivity index (χ1) is 32.2. The number of carbonyl (C=O) groups excluding carboxylic acids is 2. The van der Waals surface area contributed by atoms with Gasteiger partial charge in [-0.2, -0.15) is 5.26 Å². The minimum atomic E-state index is 0.0893. The molecule has 0 atom stereocenters. The topological polar surface area (TPSA) is 102 Å². The van der Waals surface area contributed by atoms with E-state index in [0.29, 0.717) is 43.3 Å². The number of rotatable bonds is 10. The molecule has 2 spiro atoms. The molecular formula is C54H52Cl2N6O4. The van der Waals surface area contributed by atoms with Crippen molar-refractivity contribution in [1.82, 2.24) is 24.6 Å². The zero-order valence-electron chi connectivity index (χ0n) is 36.8. The summed E-state index contributed by atoms with van der Waals surface area (Å²) in [5, 5.41) is 10.7. The lowest BCUT2D eigenvalue weighted by Gasteiger charge is -2.54. The van der Waals surface area contributed by atoms with E-state index in [4.69, 9.17) is 32.7 Å². The molecule has 1 aromatic heterocycles. The summed E-state index contributed by atoms with van der Waals surface area (Å²) in [6.45, 7) is 9.07. The average molecular weight is 920 g/mol. The van der Waals surface area contributed by atoms with Crippen LogP contribution in [0.3, 0.4) is 0 Å². The maximum atomic E-state index is 12.8. The van der Waals surface area contributed by atoms with Gasteiger partial charge in [-0.15, -0.1) is 0 Å². The third kappa shape index (κ3) is 10.6. The van der Waals surface area contributed by atoms with Crippen LogP contribution in [0.2, 0.25) is 10.0 Å². The largest absolute Gasteiger partial charge is 0.456 e. The van der Waals surface area contributed by atoms with Crippen LogP contribution < -0.4 is 9.47 Å². The smallest absolute Gasteiger partial charge is 0.253 e. The molecule has 10 rings (SSSR count). The van der Waals surface area contributed by atoms with E-state index in [9.17, 15) is 14.9 Å². The Hall–Kier alpha value is -6.22. The summed E-state index contributed by atoms with van der Waals surface area (Å²) in [5.74, 6) is 3.19. The van der Waals surface area contributed by atoms with Crippen molar-refractivity contribution < 1.29 is 19.1 Å². The number of pyridine rings is 1. The van der Waals surface area contributed by atoms with Gasteiger partial charge in [-0.1, -0.05) is 71.7 Å². The zero-order valence-corrected chi connectivity index (χ0v) is 38.3. The van der Waals surface area contributed by atoms with E-state index in [0.717, 1.165) is 114 Å². The molecule has 5 aromatic carbocycles. The minimum Gasteiger partial charge on any atom is -0.456 e. The number of carbonyl (C=O) groups is 2. The Bertz CT molecular complexity index is 2660. The second kappa shape index (κ2) is 20.1. The number of piperidine rings is 2. The maximum Gasteiger partial charge on any atom is 0.253 e. The number of aromatic nitrogens is 1. The lowest BCUT2D eigenvalue weighted by atomic mass is 9.71. The SMILES string of the molecule is N#Cc1ccccc1Oc1ccccc1CN1CC2(CCN(C(=O)c3ccc(Cl)cc3)CC2)C1.O=C(c1ccc(Cl)cc1)N1CCC2(CC1)CN(Cc1ccccc1Oc1cccnc1)C2. The van der Waals surface area contributed by atoms with E-state index in [-0.39, 0.29) is 11.8 Å². The van der Waals surface area contributed by atoms with Gasteiger partial charge in [0.25, 0.3) is 11.8 Å². The van der Waals surface area contributed by atoms with Gasteiger partial charge >= 0.3 is 0 Å². The van der Waals surface area contributed by atoms with Crippen LogP contribution in [0.15, 0.2) is 146 Å². The Kier molecular flexibility index (Phi) is 13.7. The molecule has 336 valence electrons. The van der Waals surface area contributed by atoms with Crippen molar-refractivity contribution in [2.24, 2.45) is 10.8 Å². The van der Waals surface area contributed by atoms with Crippen molar-refractivity contribution in [3.05, 3.63) is 184 Å². The maximum absolute atomic E-state index is 12.8. The first-order valence-electron chi connectivity index (χ1n) is 22.6. The summed E-state index contributed by atoms with van der Waals surface area (Å²) < 4.78 is 12.2. The van der Waals surface area contributed by atoms with Gasteiger partial charge in [-0.3, -0.25) is 24.4 Å². The Morgan fingerprint density at radius 3 is 1.45 bits per heavy atom. The fourth-order valence-electron chi connectivity index (χ4n) is 9.83. The number of halogens is 2. The summed E-state index contributed by atoms with van der Waals surface area (Å²) in [7, 11) is 0. The molecule has 2 amide bonds. The first-order valence-corrected chi connectivity index (χ1v) is 23.4. The number of hydrogen-bond acceptors (Lipinski definition) is 8. The number of nitrogens with zero attached hydrogens (tertiary/aromatic N) is 6. The molecule has 0 saturated carbocycles. The minimum absolute atomic E-state index is 0.0893. The highest BCUT2D eigenvalue weighted by atomic mass is 35.5. The van der Waals surface area contributed by atoms with Gasteiger partial charge in [0.2, 0.25) is 0 Å². The van der Waals surface area contributed by atoms with Crippen molar-refractivity contribution in [2.45, 2.75) is 38.8 Å². The molecule has 66 heavy (non-hydrogen) atoms. The number of ether oxygens (including phenoxy) is 2. The molecule has 0 N–H and O–H groups in total. The van der Waals surface area contributed by atoms with Crippen LogP contribution in [0.25, 0.3) is 0 Å². The Labute approximate surface area is 396 Å². The number of para-hydroxylation sites is 3. The molecule has 4 saturated heterocycles. The molecule has 0 unspecified atom stereocenters. The van der Waals surface area contributed by atoms with Crippen LogP contribution >= 0.6 is 23.2 Å². The molecule has 0 bridgehead atoms. The van der Waals surface area contributed by atoms with Crippen molar-refractivity contribution >= 4 is 35.0 Å². The van der Waals surface area contributed by atoms with E-state index < -0.39 is 0 Å². The Morgan fingerprint density at radius 2 is 1.00 bits per heavy atom. The number of benzene rings is 5. The van der Waals surface area contributed by atoms with E-state index in [1.807, 2.05) is 82.6 Å². The molecular weight excluding hydrogens is 868 g/mol. The number of likely N-dealkylation sites (tertiary alicyclic amines) is 4. The normalized spacial score (nSPS) is 17.4. The lowest BCUT2D eigenvalue weighted by molar-refractivity contribution is -0.0469. The van der Waals surface area contributed by atoms with E-state index in [1.165, 1.54) is 5.56 Å². The van der Waals surface area contributed by atoms with Crippen molar-refractivity contribution in [1.29, 1.82) is 5.26 Å². The summed E-state index contributed by atoms with van der Waals surface area (Å²) in [6, 6.07) is 43.8. The fourth-order valence-corrected chi connectivity index (χ4v) is 10.1. The Morgan fingerprint density at radius 1 is 0.561 bits per heavy atom. The van der Waals surface area contributed by atoms with E-state index in [2.05, 4.69) is 39.1 Å². The molecule has 4 fully saturated rings. The molecule has 4 aliphatic heterocycles. The standard InChI is InChI=1S/C28H26ClN3O2.C26H26ClN3O2/c29-24-11-9-21(10-12-24)27(33)32-15-13-28(14-16-32)19-31(20-28)18-23-6-2-4-8-26(23)34-25-7-3-1-5-22(25)17-30;27-22-9-7-20(8-10-22)25(31)30-14-11-26(12-15-30)18-29(19-26)17-21-4-1-2-6-24(21)32-23-5-3-13-28-16-23/h1-12H,13-16,18-20H2;1-10,13,16H,11-12,14-15,17-19H2. The van der Waals surface area contributed by atoms with Crippen molar-refractivity contribution in [3.63, 3.8) is 0 Å². The van der Waals surface area contributed by atoms with Crippen LogP contribution in [0.5, 0.6) is 23.0 Å². The predicted molar refractivity (Wildman–Crippen MR) is 257 cm³/mol. The van der Waals surface area contributed by atoms with Crippen LogP contribution in [0, 0.1) is 22.2 Å². The summed E-state index contributed by atoms with van der Waals surface area (Å²) in [6.07, 6.45) is 7.63. The van der Waals surface area contributed by atoms with Gasteiger partial charge in [0.15, 0.2) is 0 Å². The molecule has 12 heteroatoms. The molecule has 6 aromatic rings. The fraction of sp³-hybridized carbons (Fsp3) is 0.296. The molecule has 0 radical (unpaired) electrons. The van der Waals surface area contributed by atoms with Crippen LogP contribution in [-0.2, 0) is 13.1 Å². The molecule has 0 aliphatic carbocycles. The van der Waals surface area contributed by atoms with Crippen LogP contribution in [0.1, 0.15) is 63.1 Å². The van der Waals surface area contributed by atoms with Gasteiger partial charge in [0.1, 0.15) is 29.1 Å². The van der Waals surface area contributed by atoms with Gasteiger partial charge in [0.05, 0.1) is 11.8 Å². The van der Waals surface area contributed by atoms with Gasteiger partial charge in [-0.25, -0.2) is 0 Å². The summed E-state index contributed by atoms with van der Waals surface area (Å²) >= 11 is 11.9. The third-order valence-corrected chi connectivity index (χ3v) is 14.0. The highest BCUT2D eigenvalue weighted by molar-refractivity contribution is 6.31. The summed E-state index contributed by atoms with van der Waals surface area (Å²) in [4.78, 5) is 38.6. The predicted octanol–water partition coefficient (Wildman–Crippen LogP) is 11.0. The van der Waals surface area contributed by atoms with E-state index >= 15 is 0 Å². The quantitative estimate of drug-likeness (QED) is 0.134.